The molecule has 1 saturated heterocycles. The summed E-state index contributed by atoms with van der Waals surface area (Å²) in [5.74, 6) is -0.196. The van der Waals surface area contributed by atoms with Crippen LogP contribution in [0.3, 0.4) is 0 Å². The molecule has 158 valence electrons. The van der Waals surface area contributed by atoms with E-state index in [4.69, 9.17) is 0 Å². The van der Waals surface area contributed by atoms with Gasteiger partial charge < -0.3 is 10.6 Å². The van der Waals surface area contributed by atoms with E-state index in [1.807, 2.05) is 42.5 Å². The minimum absolute atomic E-state index is 0.168. The normalized spacial score (nSPS) is 18.3. The van der Waals surface area contributed by atoms with Gasteiger partial charge in [0.25, 0.3) is 0 Å². The number of nitrogens with one attached hydrogen (secondary N) is 2. The zero-order valence-electron chi connectivity index (χ0n) is 16.9. The maximum absolute atomic E-state index is 13.1. The van der Waals surface area contributed by atoms with Crippen molar-refractivity contribution < 1.29 is 14.0 Å². The molecule has 2 unspecified atom stereocenters. The van der Waals surface area contributed by atoms with E-state index < -0.39 is 6.04 Å². The standard InChI is InChI=1S/C25H23FN2O2S/c26-20-12-10-18(11-13-20)15-23-25(30)28-22(16-31-23)24(29)27-21-9-5-4-8-19(21)14-17-6-2-1-3-7-17/h1-13,22-23H,14-16H2,(H,27,29)(H,28,30). The van der Waals surface area contributed by atoms with E-state index in [9.17, 15) is 14.0 Å². The highest BCUT2D eigenvalue weighted by Crippen LogP contribution is 2.24. The molecule has 0 bridgehead atoms. The number of amides is 2. The number of carbonyl (C=O) groups excluding carboxylic acids is 2. The van der Waals surface area contributed by atoms with Gasteiger partial charge >= 0.3 is 0 Å². The Morgan fingerprint density at radius 1 is 0.968 bits per heavy atom. The molecule has 1 aliphatic heterocycles. The van der Waals surface area contributed by atoms with Crippen LogP contribution in [0.2, 0.25) is 0 Å². The first-order valence-corrected chi connectivity index (χ1v) is 11.2. The van der Waals surface area contributed by atoms with Gasteiger partial charge in [-0.2, -0.15) is 0 Å². The van der Waals surface area contributed by atoms with Crippen molar-refractivity contribution >= 4 is 29.3 Å². The summed E-state index contributed by atoms with van der Waals surface area (Å²) in [6.45, 7) is 0. The van der Waals surface area contributed by atoms with E-state index in [1.165, 1.54) is 23.9 Å². The molecule has 2 atom stereocenters. The van der Waals surface area contributed by atoms with Gasteiger partial charge in [0.15, 0.2) is 0 Å². The van der Waals surface area contributed by atoms with Crippen LogP contribution in [0.1, 0.15) is 16.7 Å². The molecule has 6 heteroatoms. The van der Waals surface area contributed by atoms with Gasteiger partial charge in [0.2, 0.25) is 11.8 Å². The second-order valence-corrected chi connectivity index (χ2v) is 8.76. The molecule has 2 amide bonds. The van der Waals surface area contributed by atoms with E-state index in [0.717, 1.165) is 22.4 Å². The van der Waals surface area contributed by atoms with Crippen LogP contribution in [0.25, 0.3) is 0 Å². The number of para-hydroxylation sites is 1. The summed E-state index contributed by atoms with van der Waals surface area (Å²) in [6.07, 6.45) is 1.22. The number of halogens is 1. The fourth-order valence-corrected chi connectivity index (χ4v) is 4.74. The first-order chi connectivity index (χ1) is 15.1. The van der Waals surface area contributed by atoms with Crippen molar-refractivity contribution in [2.45, 2.75) is 24.1 Å². The molecule has 1 heterocycles. The van der Waals surface area contributed by atoms with Crippen molar-refractivity contribution in [1.29, 1.82) is 0 Å². The average Bonchev–Trinajstić information content (AvgIpc) is 2.78. The highest BCUT2D eigenvalue weighted by Gasteiger charge is 2.32. The van der Waals surface area contributed by atoms with Crippen LogP contribution in [-0.2, 0) is 22.4 Å². The molecule has 3 aromatic rings. The number of anilines is 1. The van der Waals surface area contributed by atoms with E-state index in [-0.39, 0.29) is 22.9 Å². The molecular formula is C25H23FN2O2S. The van der Waals surface area contributed by atoms with Crippen molar-refractivity contribution in [2.24, 2.45) is 0 Å². The highest BCUT2D eigenvalue weighted by molar-refractivity contribution is 8.00. The lowest BCUT2D eigenvalue weighted by molar-refractivity contribution is -0.126. The topological polar surface area (TPSA) is 58.2 Å². The van der Waals surface area contributed by atoms with Gasteiger partial charge in [-0.25, -0.2) is 4.39 Å². The van der Waals surface area contributed by atoms with Crippen LogP contribution >= 0.6 is 11.8 Å². The molecule has 2 N–H and O–H groups in total. The van der Waals surface area contributed by atoms with Crippen molar-refractivity contribution in [3.8, 4) is 0 Å². The zero-order valence-corrected chi connectivity index (χ0v) is 17.7. The summed E-state index contributed by atoms with van der Waals surface area (Å²) in [5.41, 5.74) is 3.83. The Labute approximate surface area is 185 Å². The van der Waals surface area contributed by atoms with E-state index in [1.54, 1.807) is 12.1 Å². The summed E-state index contributed by atoms with van der Waals surface area (Å²) < 4.78 is 13.1. The lowest BCUT2D eigenvalue weighted by atomic mass is 10.0. The Bertz CT molecular complexity index is 1060. The predicted molar refractivity (Wildman–Crippen MR) is 123 cm³/mol. The molecular weight excluding hydrogens is 411 g/mol. The van der Waals surface area contributed by atoms with Gasteiger partial charge in [-0.15, -0.1) is 11.8 Å². The third kappa shape index (κ3) is 5.52. The lowest BCUT2D eigenvalue weighted by Crippen LogP contribution is -2.52. The predicted octanol–water partition coefficient (Wildman–Crippen LogP) is 4.20. The number of thioether (sulfide) groups is 1. The quantitative estimate of drug-likeness (QED) is 0.611. The summed E-state index contributed by atoms with van der Waals surface area (Å²) >= 11 is 1.46. The molecule has 1 fully saturated rings. The fraction of sp³-hybridized carbons (Fsp3) is 0.200. The second-order valence-electron chi connectivity index (χ2n) is 7.52. The molecule has 1 aliphatic rings. The molecule has 0 spiro atoms. The zero-order chi connectivity index (χ0) is 21.6. The van der Waals surface area contributed by atoms with E-state index >= 15 is 0 Å². The van der Waals surface area contributed by atoms with Crippen LogP contribution in [0, 0.1) is 5.82 Å². The minimum atomic E-state index is -0.591. The molecule has 3 aromatic carbocycles. The molecule has 4 nitrogen and oxygen atoms in total. The number of hydrogen-bond donors (Lipinski definition) is 2. The van der Waals surface area contributed by atoms with Crippen LogP contribution in [0.15, 0.2) is 78.9 Å². The maximum Gasteiger partial charge on any atom is 0.247 e. The van der Waals surface area contributed by atoms with Gasteiger partial charge in [-0.05, 0) is 47.7 Å². The Balaban J connectivity index is 1.37. The smallest absolute Gasteiger partial charge is 0.247 e. The minimum Gasteiger partial charge on any atom is -0.343 e. The molecule has 31 heavy (non-hydrogen) atoms. The first kappa shape index (κ1) is 21.1. The lowest BCUT2D eigenvalue weighted by Gasteiger charge is -2.28. The second kappa shape index (κ2) is 9.79. The number of benzene rings is 3. The maximum atomic E-state index is 13.1. The Morgan fingerprint density at radius 3 is 2.42 bits per heavy atom. The monoisotopic (exact) mass is 434 g/mol. The Kier molecular flexibility index (Phi) is 6.67. The van der Waals surface area contributed by atoms with Gasteiger partial charge in [0, 0.05) is 11.4 Å². The Hall–Kier alpha value is -3.12. The van der Waals surface area contributed by atoms with E-state index in [2.05, 4.69) is 22.8 Å². The molecule has 0 aliphatic carbocycles. The van der Waals surface area contributed by atoms with Gasteiger partial charge in [0.05, 0.1) is 5.25 Å². The largest absolute Gasteiger partial charge is 0.343 e. The third-order valence-corrected chi connectivity index (χ3v) is 6.55. The van der Waals surface area contributed by atoms with Crippen LogP contribution < -0.4 is 10.6 Å². The molecule has 0 aromatic heterocycles. The van der Waals surface area contributed by atoms with Crippen molar-refractivity contribution in [2.75, 3.05) is 11.1 Å². The number of hydrogen-bond acceptors (Lipinski definition) is 3. The SMILES string of the molecule is O=C(Nc1ccccc1Cc1ccccc1)C1CSC(Cc2ccc(F)cc2)C(=O)N1. The summed E-state index contributed by atoms with van der Waals surface area (Å²) in [4.78, 5) is 25.4. The van der Waals surface area contributed by atoms with Crippen LogP contribution in [0.5, 0.6) is 0 Å². The molecule has 4 rings (SSSR count). The van der Waals surface area contributed by atoms with Crippen molar-refractivity contribution in [3.63, 3.8) is 0 Å². The van der Waals surface area contributed by atoms with Crippen molar-refractivity contribution in [1.82, 2.24) is 5.32 Å². The van der Waals surface area contributed by atoms with Gasteiger partial charge in [0.1, 0.15) is 11.9 Å². The summed E-state index contributed by atoms with van der Waals surface area (Å²) in [5, 5.41) is 5.53. The third-order valence-electron chi connectivity index (χ3n) is 5.24. The first-order valence-electron chi connectivity index (χ1n) is 10.2. The molecule has 0 radical (unpaired) electrons. The van der Waals surface area contributed by atoms with Gasteiger partial charge in [-0.1, -0.05) is 60.7 Å². The summed E-state index contributed by atoms with van der Waals surface area (Å²) in [7, 11) is 0. The van der Waals surface area contributed by atoms with Crippen molar-refractivity contribution in [3.05, 3.63) is 101 Å². The number of carbonyl (C=O) groups is 2. The average molecular weight is 435 g/mol. The van der Waals surface area contributed by atoms with Crippen LogP contribution in [0.4, 0.5) is 10.1 Å². The van der Waals surface area contributed by atoms with Crippen LogP contribution in [-0.4, -0.2) is 28.9 Å². The highest BCUT2D eigenvalue weighted by atomic mass is 32.2. The summed E-state index contributed by atoms with van der Waals surface area (Å²) in [6, 6.07) is 23.3. The van der Waals surface area contributed by atoms with Gasteiger partial charge in [-0.3, -0.25) is 9.59 Å². The fourth-order valence-electron chi connectivity index (χ4n) is 3.55. The molecule has 0 saturated carbocycles. The van der Waals surface area contributed by atoms with E-state index in [0.29, 0.717) is 18.6 Å². The Morgan fingerprint density at radius 2 is 1.68 bits per heavy atom. The number of rotatable bonds is 6.